The Morgan fingerprint density at radius 2 is 2.24 bits per heavy atom. The monoisotopic (exact) mass is 596 g/mol. The summed E-state index contributed by atoms with van der Waals surface area (Å²) in [5, 5.41) is 15.2. The summed E-state index contributed by atoms with van der Waals surface area (Å²) in [6.45, 7) is 6.11. The van der Waals surface area contributed by atoms with Crippen molar-refractivity contribution in [3.05, 3.63) is 62.4 Å². The average Bonchev–Trinajstić information content (AvgIpc) is 3.41. The molecule has 12 heteroatoms. The number of amidine groups is 1. The van der Waals surface area contributed by atoms with Gasteiger partial charge in [0.1, 0.15) is 5.82 Å². The number of aliphatic imine (C=N–C) groups is 1. The number of hydrogen-bond donors (Lipinski definition) is 2. The van der Waals surface area contributed by atoms with Crippen molar-refractivity contribution < 1.29 is 28.6 Å². The topological polar surface area (TPSA) is 113 Å². The Hall–Kier alpha value is -2.67. The molecule has 1 aromatic carbocycles. The van der Waals surface area contributed by atoms with Crippen LogP contribution < -0.4 is 5.32 Å². The number of carboxylic acid groups (broad SMARTS) is 1. The quantitative estimate of drug-likeness (QED) is 0.443. The lowest BCUT2D eigenvalue weighted by molar-refractivity contribution is -0.142. The molecular formula is C25H30BrFN4O5S. The fourth-order valence-electron chi connectivity index (χ4n) is 3.80. The van der Waals surface area contributed by atoms with Gasteiger partial charge in [0.2, 0.25) is 0 Å². The van der Waals surface area contributed by atoms with E-state index < -0.39 is 11.9 Å². The second-order valence-corrected chi connectivity index (χ2v) is 10.2. The molecular weight excluding hydrogens is 567 g/mol. The van der Waals surface area contributed by atoms with Gasteiger partial charge in [0.25, 0.3) is 0 Å². The highest BCUT2D eigenvalue weighted by molar-refractivity contribution is 9.10. The molecule has 2 atom stereocenters. The predicted octanol–water partition coefficient (Wildman–Crippen LogP) is 3.71. The van der Waals surface area contributed by atoms with Crippen LogP contribution in [0.2, 0.25) is 0 Å². The number of morpholine rings is 1. The maximum atomic E-state index is 12.5. The first-order valence-corrected chi connectivity index (χ1v) is 13.5. The summed E-state index contributed by atoms with van der Waals surface area (Å²) >= 11 is 4.59. The minimum atomic E-state index is -0.823. The molecule has 2 unspecified atom stereocenters. The number of aliphatic carboxylic acids is 1. The lowest BCUT2D eigenvalue weighted by atomic mass is 10.00. The molecule has 1 fully saturated rings. The number of carbonyl (C=O) groups is 2. The Morgan fingerprint density at radius 1 is 1.43 bits per heavy atom. The number of carbonyl (C=O) groups excluding carboxylic acids is 1. The lowest BCUT2D eigenvalue weighted by Crippen LogP contribution is -2.49. The van der Waals surface area contributed by atoms with Crippen LogP contribution in [0.15, 0.2) is 56.6 Å². The molecule has 2 aliphatic rings. The van der Waals surface area contributed by atoms with E-state index in [9.17, 15) is 19.1 Å². The normalized spacial score (nSPS) is 18.7. The Bertz CT molecular complexity index is 1110. The van der Waals surface area contributed by atoms with Gasteiger partial charge in [-0.15, -0.1) is 11.3 Å². The van der Waals surface area contributed by atoms with Crippen LogP contribution in [-0.4, -0.2) is 78.3 Å². The molecule has 0 saturated carbocycles. The van der Waals surface area contributed by atoms with E-state index in [2.05, 4.69) is 36.1 Å². The standard InChI is InChI=1S/C19H26N4O5S.C6H4BrF/c1-3-28-19(26)14-9-21-16(17-20-4-7-29-17)22-15(14)10-23-5-6-27-11-13(23)8-12(2)18(24)25;7-5-2-1-3-6(8)4-5/h4,7,12-13H,3,5-6,8-11H2,1-2H3,(H,21,22)(H,24,25);1-4H. The van der Waals surface area contributed by atoms with Gasteiger partial charge in [0.05, 0.1) is 37.9 Å². The van der Waals surface area contributed by atoms with E-state index in [-0.39, 0.29) is 31.0 Å². The average molecular weight is 598 g/mol. The molecule has 2 N–H and O–H groups in total. The maximum absolute atomic E-state index is 12.5. The molecule has 0 aliphatic carbocycles. The zero-order chi connectivity index (χ0) is 26.8. The molecule has 0 radical (unpaired) electrons. The SMILES string of the molecule is CCOC(=O)C1=C(CN2CCOCC2CC(C)C(=O)O)NC(c2nccs2)=NC1.Fc1cccc(Br)c1. The zero-order valence-corrected chi connectivity index (χ0v) is 23.1. The number of thiazole rings is 1. The van der Waals surface area contributed by atoms with Gasteiger partial charge in [-0.2, -0.15) is 0 Å². The number of hydrogen-bond acceptors (Lipinski definition) is 9. The molecule has 0 spiro atoms. The van der Waals surface area contributed by atoms with E-state index >= 15 is 0 Å². The summed E-state index contributed by atoms with van der Waals surface area (Å²) in [5.74, 6) is -1.27. The molecule has 200 valence electrons. The van der Waals surface area contributed by atoms with Crippen LogP contribution >= 0.6 is 27.3 Å². The van der Waals surface area contributed by atoms with Gasteiger partial charge >= 0.3 is 11.9 Å². The van der Waals surface area contributed by atoms with Gasteiger partial charge in [-0.3, -0.25) is 14.7 Å². The minimum Gasteiger partial charge on any atom is -0.481 e. The third-order valence-corrected chi connectivity index (χ3v) is 7.00. The van der Waals surface area contributed by atoms with E-state index in [4.69, 9.17) is 9.47 Å². The first-order valence-electron chi connectivity index (χ1n) is 11.8. The van der Waals surface area contributed by atoms with E-state index in [0.717, 1.165) is 15.2 Å². The Morgan fingerprint density at radius 3 is 2.86 bits per heavy atom. The summed E-state index contributed by atoms with van der Waals surface area (Å²) in [6.07, 6.45) is 2.19. The fraction of sp³-hybridized carbons (Fsp3) is 0.440. The molecule has 3 heterocycles. The number of halogens is 2. The maximum Gasteiger partial charge on any atom is 0.337 e. The molecule has 9 nitrogen and oxygen atoms in total. The summed E-state index contributed by atoms with van der Waals surface area (Å²) in [7, 11) is 0. The second kappa shape index (κ2) is 14.3. The number of aromatic nitrogens is 1. The van der Waals surface area contributed by atoms with Crippen LogP contribution in [0, 0.1) is 11.7 Å². The largest absolute Gasteiger partial charge is 0.481 e. The highest BCUT2D eigenvalue weighted by Gasteiger charge is 2.31. The molecule has 4 rings (SSSR count). The van der Waals surface area contributed by atoms with E-state index in [1.807, 2.05) is 5.38 Å². The number of carboxylic acids is 1. The Kier molecular flexibility index (Phi) is 11.2. The second-order valence-electron chi connectivity index (χ2n) is 8.42. The van der Waals surface area contributed by atoms with Crippen LogP contribution in [0.3, 0.4) is 0 Å². The molecule has 0 amide bonds. The van der Waals surface area contributed by atoms with Gasteiger partial charge in [-0.05, 0) is 31.5 Å². The zero-order valence-electron chi connectivity index (χ0n) is 20.7. The van der Waals surface area contributed by atoms with Crippen molar-refractivity contribution in [3.8, 4) is 0 Å². The van der Waals surface area contributed by atoms with Crippen LogP contribution in [0.4, 0.5) is 4.39 Å². The smallest absolute Gasteiger partial charge is 0.337 e. The number of ether oxygens (including phenoxy) is 2. The minimum absolute atomic E-state index is 0.0465. The van der Waals surface area contributed by atoms with Crippen molar-refractivity contribution in [1.29, 1.82) is 0 Å². The third-order valence-electron chi connectivity index (χ3n) is 5.73. The summed E-state index contributed by atoms with van der Waals surface area (Å²) in [4.78, 5) is 34.7. The first kappa shape index (κ1) is 28.9. The van der Waals surface area contributed by atoms with Crippen molar-refractivity contribution in [2.24, 2.45) is 10.9 Å². The number of rotatable bonds is 8. The molecule has 0 bridgehead atoms. The fourth-order valence-corrected chi connectivity index (χ4v) is 4.77. The predicted molar refractivity (Wildman–Crippen MR) is 142 cm³/mol. The van der Waals surface area contributed by atoms with E-state index in [1.54, 1.807) is 32.2 Å². The van der Waals surface area contributed by atoms with Crippen LogP contribution in [-0.2, 0) is 19.1 Å². The number of benzene rings is 1. The van der Waals surface area contributed by atoms with E-state index in [1.165, 1.54) is 23.5 Å². The number of esters is 1. The highest BCUT2D eigenvalue weighted by Crippen LogP contribution is 2.21. The summed E-state index contributed by atoms with van der Waals surface area (Å²) < 4.78 is 23.7. The molecule has 1 aromatic heterocycles. The van der Waals surface area contributed by atoms with Crippen LogP contribution in [0.5, 0.6) is 0 Å². The first-order chi connectivity index (χ1) is 17.8. The van der Waals surface area contributed by atoms with Crippen LogP contribution in [0.1, 0.15) is 25.3 Å². The molecule has 2 aliphatic heterocycles. The van der Waals surface area contributed by atoms with Gasteiger partial charge in [0.15, 0.2) is 10.8 Å². The summed E-state index contributed by atoms with van der Waals surface area (Å²) in [6, 6.07) is 6.21. The van der Waals surface area contributed by atoms with Crippen molar-refractivity contribution >= 4 is 45.0 Å². The van der Waals surface area contributed by atoms with E-state index in [0.29, 0.717) is 44.1 Å². The van der Waals surface area contributed by atoms with Gasteiger partial charge < -0.3 is 19.9 Å². The van der Waals surface area contributed by atoms with Gasteiger partial charge in [-0.1, -0.05) is 28.9 Å². The van der Waals surface area contributed by atoms with Crippen molar-refractivity contribution in [2.75, 3.05) is 39.5 Å². The highest BCUT2D eigenvalue weighted by atomic mass is 79.9. The van der Waals surface area contributed by atoms with Gasteiger partial charge in [0, 0.05) is 40.9 Å². The Balaban J connectivity index is 0.000000405. The Labute approximate surface area is 227 Å². The van der Waals surface area contributed by atoms with Crippen molar-refractivity contribution in [2.45, 2.75) is 26.3 Å². The van der Waals surface area contributed by atoms with Gasteiger partial charge in [-0.25, -0.2) is 14.2 Å². The third kappa shape index (κ3) is 8.70. The molecule has 37 heavy (non-hydrogen) atoms. The lowest BCUT2D eigenvalue weighted by Gasteiger charge is -2.37. The molecule has 1 saturated heterocycles. The van der Waals surface area contributed by atoms with Crippen LogP contribution in [0.25, 0.3) is 0 Å². The number of nitrogens with zero attached hydrogens (tertiary/aromatic N) is 3. The molecule has 2 aromatic rings. The van der Waals surface area contributed by atoms with Crippen molar-refractivity contribution in [1.82, 2.24) is 15.2 Å². The summed E-state index contributed by atoms with van der Waals surface area (Å²) in [5.41, 5.74) is 1.21. The number of nitrogens with one attached hydrogen (secondary N) is 1. The van der Waals surface area contributed by atoms with Crippen molar-refractivity contribution in [3.63, 3.8) is 0 Å².